The van der Waals surface area contributed by atoms with Crippen molar-refractivity contribution in [2.45, 2.75) is 0 Å². The maximum atomic E-state index is 11.7. The third-order valence-corrected chi connectivity index (χ3v) is 2.89. The van der Waals surface area contributed by atoms with Crippen molar-refractivity contribution in [1.82, 2.24) is 5.32 Å². The Bertz CT molecular complexity index is 593. The second-order valence-corrected chi connectivity index (χ2v) is 4.53. The van der Waals surface area contributed by atoms with Gasteiger partial charge in [-0.3, -0.25) is 4.79 Å². The highest BCUT2D eigenvalue weighted by Crippen LogP contribution is 2.13. The lowest BCUT2D eigenvalue weighted by Crippen LogP contribution is -2.23. The van der Waals surface area contributed by atoms with Crippen LogP contribution in [0.4, 0.5) is 0 Å². The van der Waals surface area contributed by atoms with Gasteiger partial charge < -0.3 is 14.8 Å². The van der Waals surface area contributed by atoms with E-state index in [-0.39, 0.29) is 5.91 Å². The van der Waals surface area contributed by atoms with E-state index in [1.807, 2.05) is 30.3 Å². The molecular weight excluding hydrogens is 278 g/mol. The molecule has 2 aromatic rings. The van der Waals surface area contributed by atoms with E-state index in [0.717, 1.165) is 5.75 Å². The lowest BCUT2D eigenvalue weighted by Gasteiger charge is -2.09. The van der Waals surface area contributed by atoms with Crippen LogP contribution in [-0.4, -0.2) is 25.7 Å². The van der Waals surface area contributed by atoms with Gasteiger partial charge in [-0.15, -0.1) is 6.58 Å². The fraction of sp³-hybridized carbons (Fsp3) is 0.167. The molecule has 114 valence electrons. The van der Waals surface area contributed by atoms with Crippen molar-refractivity contribution in [2.24, 2.45) is 0 Å². The van der Waals surface area contributed by atoms with Crippen LogP contribution in [0.3, 0.4) is 0 Å². The summed E-state index contributed by atoms with van der Waals surface area (Å²) in [5.41, 5.74) is 0.592. The molecular formula is C18H19NO3. The van der Waals surface area contributed by atoms with E-state index in [0.29, 0.717) is 31.1 Å². The summed E-state index contributed by atoms with van der Waals surface area (Å²) in [6.45, 7) is 4.92. The zero-order chi connectivity index (χ0) is 15.6. The Kier molecular flexibility index (Phi) is 6.05. The minimum absolute atomic E-state index is 0.126. The van der Waals surface area contributed by atoms with Gasteiger partial charge in [0.2, 0.25) is 0 Å². The van der Waals surface area contributed by atoms with E-state index in [2.05, 4.69) is 11.9 Å². The van der Waals surface area contributed by atoms with Gasteiger partial charge in [-0.2, -0.15) is 0 Å². The van der Waals surface area contributed by atoms with Crippen LogP contribution in [0.1, 0.15) is 10.4 Å². The number of carbonyl (C=O) groups is 1. The molecule has 0 bridgehead atoms. The monoisotopic (exact) mass is 297 g/mol. The van der Waals surface area contributed by atoms with Crippen molar-refractivity contribution in [2.75, 3.05) is 19.8 Å². The number of nitrogens with one attached hydrogen (secondary N) is 1. The number of ether oxygens (including phenoxy) is 2. The van der Waals surface area contributed by atoms with E-state index in [4.69, 9.17) is 9.47 Å². The lowest BCUT2D eigenvalue weighted by molar-refractivity contribution is 0.0958. The quantitative estimate of drug-likeness (QED) is 0.602. The lowest BCUT2D eigenvalue weighted by atomic mass is 10.2. The third kappa shape index (κ3) is 4.98. The van der Waals surface area contributed by atoms with E-state index in [1.54, 1.807) is 30.3 Å². The highest BCUT2D eigenvalue weighted by Gasteiger charge is 2.04. The van der Waals surface area contributed by atoms with E-state index >= 15 is 0 Å². The zero-order valence-corrected chi connectivity index (χ0v) is 12.3. The second-order valence-electron chi connectivity index (χ2n) is 4.53. The Hall–Kier alpha value is -2.75. The standard InChI is InChI=1S/C18H19NO3/c1-2-12-19-18(20)15-8-10-17(11-9-15)22-14-13-21-16-6-4-3-5-7-16/h2-11H,1,12-14H2,(H,19,20). The molecule has 1 amide bonds. The number of benzene rings is 2. The molecule has 2 rings (SSSR count). The summed E-state index contributed by atoms with van der Waals surface area (Å²) < 4.78 is 11.1. The molecule has 22 heavy (non-hydrogen) atoms. The van der Waals surface area contributed by atoms with Crippen LogP contribution in [0.15, 0.2) is 67.3 Å². The Labute approximate surface area is 130 Å². The fourth-order valence-corrected chi connectivity index (χ4v) is 1.81. The summed E-state index contributed by atoms with van der Waals surface area (Å²) in [6, 6.07) is 16.6. The van der Waals surface area contributed by atoms with Gasteiger partial charge in [0.1, 0.15) is 24.7 Å². The molecule has 0 atom stereocenters. The molecule has 4 heteroatoms. The van der Waals surface area contributed by atoms with Gasteiger partial charge >= 0.3 is 0 Å². The second kappa shape index (κ2) is 8.52. The molecule has 0 unspecified atom stereocenters. The first-order valence-electron chi connectivity index (χ1n) is 7.09. The average molecular weight is 297 g/mol. The maximum absolute atomic E-state index is 11.7. The maximum Gasteiger partial charge on any atom is 0.251 e. The van der Waals surface area contributed by atoms with E-state index in [1.165, 1.54) is 0 Å². The summed E-state index contributed by atoms with van der Waals surface area (Å²) in [5, 5.41) is 2.72. The van der Waals surface area contributed by atoms with Crippen molar-refractivity contribution in [1.29, 1.82) is 0 Å². The summed E-state index contributed by atoms with van der Waals surface area (Å²) in [5.74, 6) is 1.40. The van der Waals surface area contributed by atoms with Gasteiger partial charge in [-0.05, 0) is 36.4 Å². The normalized spacial score (nSPS) is 9.82. The SMILES string of the molecule is C=CCNC(=O)c1ccc(OCCOc2ccccc2)cc1. The van der Waals surface area contributed by atoms with Crippen LogP contribution in [0.25, 0.3) is 0 Å². The van der Waals surface area contributed by atoms with Gasteiger partial charge in [0, 0.05) is 12.1 Å². The van der Waals surface area contributed by atoms with Crippen molar-refractivity contribution >= 4 is 5.91 Å². The van der Waals surface area contributed by atoms with Crippen molar-refractivity contribution in [3.8, 4) is 11.5 Å². The molecule has 4 nitrogen and oxygen atoms in total. The molecule has 2 aromatic carbocycles. The first-order valence-corrected chi connectivity index (χ1v) is 7.09. The molecule has 0 spiro atoms. The summed E-state index contributed by atoms with van der Waals surface area (Å²) in [4.78, 5) is 11.7. The highest BCUT2D eigenvalue weighted by molar-refractivity contribution is 5.94. The number of carbonyl (C=O) groups excluding carboxylic acids is 1. The molecule has 0 fully saturated rings. The number of hydrogen-bond acceptors (Lipinski definition) is 3. The Morgan fingerprint density at radius 1 is 0.955 bits per heavy atom. The molecule has 0 aliphatic heterocycles. The molecule has 1 N–H and O–H groups in total. The topological polar surface area (TPSA) is 47.6 Å². The molecule has 0 aliphatic carbocycles. The average Bonchev–Trinajstić information content (AvgIpc) is 2.58. The van der Waals surface area contributed by atoms with Crippen LogP contribution in [0, 0.1) is 0 Å². The molecule has 0 heterocycles. The van der Waals surface area contributed by atoms with Gasteiger partial charge in [-0.1, -0.05) is 24.3 Å². The molecule has 0 saturated carbocycles. The minimum Gasteiger partial charge on any atom is -0.490 e. The Morgan fingerprint density at radius 3 is 2.14 bits per heavy atom. The first-order chi connectivity index (χ1) is 10.8. The van der Waals surface area contributed by atoms with Gasteiger partial charge in [0.25, 0.3) is 5.91 Å². The Morgan fingerprint density at radius 2 is 1.55 bits per heavy atom. The van der Waals surface area contributed by atoms with Crippen molar-refractivity contribution in [3.63, 3.8) is 0 Å². The Balaban J connectivity index is 1.74. The minimum atomic E-state index is -0.126. The van der Waals surface area contributed by atoms with Gasteiger partial charge in [0.05, 0.1) is 0 Å². The summed E-state index contributed by atoms with van der Waals surface area (Å²) in [6.07, 6.45) is 1.64. The highest BCUT2D eigenvalue weighted by atomic mass is 16.5. The van der Waals surface area contributed by atoms with Crippen LogP contribution in [0.5, 0.6) is 11.5 Å². The zero-order valence-electron chi connectivity index (χ0n) is 12.3. The van der Waals surface area contributed by atoms with Crippen molar-refractivity contribution in [3.05, 3.63) is 72.8 Å². The first kappa shape index (κ1) is 15.6. The van der Waals surface area contributed by atoms with Crippen LogP contribution in [-0.2, 0) is 0 Å². The van der Waals surface area contributed by atoms with Crippen LogP contribution in [0.2, 0.25) is 0 Å². The molecule has 0 aromatic heterocycles. The van der Waals surface area contributed by atoms with Crippen LogP contribution >= 0.6 is 0 Å². The smallest absolute Gasteiger partial charge is 0.251 e. The molecule has 0 saturated heterocycles. The number of para-hydroxylation sites is 1. The number of rotatable bonds is 8. The van der Waals surface area contributed by atoms with Gasteiger partial charge in [-0.25, -0.2) is 0 Å². The largest absolute Gasteiger partial charge is 0.490 e. The van der Waals surface area contributed by atoms with E-state index in [9.17, 15) is 4.79 Å². The van der Waals surface area contributed by atoms with Crippen molar-refractivity contribution < 1.29 is 14.3 Å². The fourth-order valence-electron chi connectivity index (χ4n) is 1.81. The van der Waals surface area contributed by atoms with Crippen LogP contribution < -0.4 is 14.8 Å². The summed E-state index contributed by atoms with van der Waals surface area (Å²) in [7, 11) is 0. The van der Waals surface area contributed by atoms with Gasteiger partial charge in [0.15, 0.2) is 0 Å². The molecule has 0 radical (unpaired) electrons. The predicted octanol–water partition coefficient (Wildman–Crippen LogP) is 3.06. The molecule has 0 aliphatic rings. The third-order valence-electron chi connectivity index (χ3n) is 2.89. The number of amides is 1. The predicted molar refractivity (Wildman–Crippen MR) is 86.4 cm³/mol. The summed E-state index contributed by atoms with van der Waals surface area (Å²) >= 11 is 0. The number of hydrogen-bond donors (Lipinski definition) is 1. The van der Waals surface area contributed by atoms with E-state index < -0.39 is 0 Å².